The second kappa shape index (κ2) is 14.9. The maximum Gasteiger partial charge on any atom is 0.416 e. The molecule has 2 aliphatic heterocycles. The molecule has 2 saturated heterocycles. The minimum absolute atomic E-state index is 0.0215. The first-order valence-corrected chi connectivity index (χ1v) is 16.6. The molecule has 0 unspecified atom stereocenters. The lowest BCUT2D eigenvalue weighted by molar-refractivity contribution is -0.144. The number of anilines is 2. The van der Waals surface area contributed by atoms with E-state index in [1.54, 1.807) is 9.80 Å². The first kappa shape index (κ1) is 37.0. The number of likely N-dealkylation sites (tertiary alicyclic amines) is 1. The summed E-state index contributed by atoms with van der Waals surface area (Å²) in [6, 6.07) is 0.0946. The lowest BCUT2D eigenvalue weighted by Gasteiger charge is -2.47. The molecule has 11 nitrogen and oxygen atoms in total. The highest BCUT2D eigenvalue weighted by Crippen LogP contribution is 2.39. The van der Waals surface area contributed by atoms with E-state index in [2.05, 4.69) is 9.97 Å². The molecule has 2 amide bonds. The van der Waals surface area contributed by atoms with Crippen LogP contribution in [-0.2, 0) is 33.2 Å². The van der Waals surface area contributed by atoms with E-state index < -0.39 is 78.3 Å². The van der Waals surface area contributed by atoms with Crippen LogP contribution in [-0.4, -0.2) is 75.5 Å². The minimum Gasteiger partial charge on any atom is -0.481 e. The quantitative estimate of drug-likeness (QED) is 0.267. The number of rotatable bonds is 9. The van der Waals surface area contributed by atoms with Gasteiger partial charge < -0.3 is 24.4 Å². The highest BCUT2D eigenvalue weighted by Gasteiger charge is 2.43. The number of carboxylic acids is 1. The molecule has 0 spiro atoms. The summed E-state index contributed by atoms with van der Waals surface area (Å²) in [5, 5.41) is 9.31. The van der Waals surface area contributed by atoms with E-state index in [4.69, 9.17) is 9.47 Å². The number of hydrogen-bond donors (Lipinski definition) is 1. The van der Waals surface area contributed by atoms with Crippen LogP contribution in [0.1, 0.15) is 81.9 Å². The molecule has 3 heterocycles. The average Bonchev–Trinajstić information content (AvgIpc) is 3.51. The van der Waals surface area contributed by atoms with E-state index in [0.29, 0.717) is 56.3 Å². The average molecular weight is 716 g/mol. The van der Waals surface area contributed by atoms with E-state index >= 15 is 0 Å². The Hall–Kier alpha value is -4.31. The van der Waals surface area contributed by atoms with Gasteiger partial charge in [0.15, 0.2) is 0 Å². The molecule has 1 saturated carbocycles. The maximum absolute atomic E-state index is 13.8. The summed E-state index contributed by atoms with van der Waals surface area (Å²) >= 11 is 0. The number of ether oxygens (including phenoxy) is 2. The van der Waals surface area contributed by atoms with Crippen molar-refractivity contribution in [1.82, 2.24) is 14.9 Å². The zero-order valence-corrected chi connectivity index (χ0v) is 27.5. The third-order valence-corrected chi connectivity index (χ3v) is 9.71. The third kappa shape index (κ3) is 8.34. The van der Waals surface area contributed by atoms with E-state index in [9.17, 15) is 45.8 Å². The molecule has 3 atom stereocenters. The molecule has 274 valence electrons. The molecular formula is C33H39F6N5O6. The SMILES string of the molecule is CC[C@@H]1C[C@H](N(Cc2cc(C(F)(F)F)cc(C(F)(F)F)c2)c2ncc(N3CCOC3=O)cn2)C[C@H](CC)N1C(=O)O[C@H]1CC[C@H](C(=O)O)CC1. The Balaban J connectivity index is 1.45. The Bertz CT molecular complexity index is 1490. The second-order valence-corrected chi connectivity index (χ2v) is 12.9. The minimum atomic E-state index is -5.04. The molecule has 0 bridgehead atoms. The maximum atomic E-state index is 13.8. The van der Waals surface area contributed by atoms with Crippen LogP contribution in [0.15, 0.2) is 30.6 Å². The van der Waals surface area contributed by atoms with Gasteiger partial charge in [-0.05, 0) is 75.1 Å². The number of benzene rings is 1. The smallest absolute Gasteiger partial charge is 0.416 e. The fraction of sp³-hybridized carbons (Fsp3) is 0.606. The predicted molar refractivity (Wildman–Crippen MR) is 166 cm³/mol. The fourth-order valence-electron chi connectivity index (χ4n) is 7.06. The van der Waals surface area contributed by atoms with Gasteiger partial charge in [0.1, 0.15) is 12.7 Å². The Morgan fingerprint density at radius 3 is 1.96 bits per heavy atom. The second-order valence-electron chi connectivity index (χ2n) is 12.9. The summed E-state index contributed by atoms with van der Waals surface area (Å²) in [6.45, 7) is 3.73. The highest BCUT2D eigenvalue weighted by atomic mass is 19.4. The molecule has 1 aromatic carbocycles. The summed E-state index contributed by atoms with van der Waals surface area (Å²) in [4.78, 5) is 50.4. The van der Waals surface area contributed by atoms with Crippen molar-refractivity contribution in [3.63, 3.8) is 0 Å². The molecule has 5 rings (SSSR count). The van der Waals surface area contributed by atoms with Crippen LogP contribution in [0.5, 0.6) is 0 Å². The number of hydrogen-bond acceptors (Lipinski definition) is 8. The van der Waals surface area contributed by atoms with Crippen LogP contribution in [0.3, 0.4) is 0 Å². The van der Waals surface area contributed by atoms with Gasteiger partial charge in [0.25, 0.3) is 0 Å². The number of piperidine rings is 1. The lowest BCUT2D eigenvalue weighted by Crippen LogP contribution is -2.57. The normalized spacial score (nSPS) is 24.6. The monoisotopic (exact) mass is 715 g/mol. The Morgan fingerprint density at radius 2 is 1.50 bits per heavy atom. The molecule has 0 radical (unpaired) electrons. The van der Waals surface area contributed by atoms with Crippen LogP contribution in [0.4, 0.5) is 47.6 Å². The van der Waals surface area contributed by atoms with Crippen molar-refractivity contribution in [2.75, 3.05) is 23.0 Å². The molecule has 17 heteroatoms. The van der Waals surface area contributed by atoms with E-state index in [1.165, 1.54) is 17.3 Å². The molecule has 2 aromatic rings. The standard InChI is InChI=1S/C33H39F6N5O6/c1-3-23-14-25(15-24(4-2)44(23)31(48)50-27-7-5-20(6-8-27)28(45)46)43(29-40-16-26(17-41-29)42-9-10-49-30(42)47)18-19-11-21(32(34,35)36)13-22(12-19)33(37,38)39/h11-13,16-17,20,23-25,27H,3-10,14-15,18H2,1-2H3,(H,45,46)/t20-,23-,24+,25+,27-. The molecule has 3 fully saturated rings. The van der Waals surface area contributed by atoms with Gasteiger partial charge in [-0.25, -0.2) is 19.6 Å². The van der Waals surface area contributed by atoms with E-state index in [-0.39, 0.29) is 43.6 Å². The predicted octanol–water partition coefficient (Wildman–Crippen LogP) is 7.28. The first-order valence-electron chi connectivity index (χ1n) is 16.6. The summed E-state index contributed by atoms with van der Waals surface area (Å²) in [5.74, 6) is -1.34. The highest BCUT2D eigenvalue weighted by molar-refractivity contribution is 5.88. The zero-order valence-electron chi connectivity index (χ0n) is 27.5. The number of aliphatic carboxylic acids is 1. The fourth-order valence-corrected chi connectivity index (χ4v) is 7.06. The number of aromatic nitrogens is 2. The zero-order chi connectivity index (χ0) is 36.4. The summed E-state index contributed by atoms with van der Waals surface area (Å²) < 4.78 is 93.5. The molecule has 1 N–H and O–H groups in total. The lowest BCUT2D eigenvalue weighted by atomic mass is 9.87. The number of carboxylic acid groups (broad SMARTS) is 1. The van der Waals surface area contributed by atoms with Gasteiger partial charge in [-0.2, -0.15) is 26.3 Å². The van der Waals surface area contributed by atoms with Crippen LogP contribution in [0, 0.1) is 5.92 Å². The Morgan fingerprint density at radius 1 is 0.940 bits per heavy atom. The number of alkyl halides is 6. The van der Waals surface area contributed by atoms with Gasteiger partial charge in [-0.15, -0.1) is 0 Å². The van der Waals surface area contributed by atoms with Gasteiger partial charge in [0.05, 0.1) is 41.7 Å². The van der Waals surface area contributed by atoms with Crippen molar-refractivity contribution >= 4 is 29.8 Å². The van der Waals surface area contributed by atoms with Gasteiger partial charge in [-0.1, -0.05) is 13.8 Å². The Labute approximate surface area is 284 Å². The summed E-state index contributed by atoms with van der Waals surface area (Å²) in [5.41, 5.74) is -2.84. The van der Waals surface area contributed by atoms with Crippen molar-refractivity contribution < 1.29 is 55.3 Å². The molecule has 3 aliphatic rings. The van der Waals surface area contributed by atoms with E-state index in [0.717, 1.165) is 0 Å². The van der Waals surface area contributed by atoms with Crippen molar-refractivity contribution in [2.24, 2.45) is 5.92 Å². The number of amides is 2. The van der Waals surface area contributed by atoms with Crippen LogP contribution in [0.2, 0.25) is 0 Å². The molecule has 1 aromatic heterocycles. The third-order valence-electron chi connectivity index (χ3n) is 9.71. The number of carbonyl (C=O) groups excluding carboxylic acids is 2. The van der Waals surface area contributed by atoms with Gasteiger partial charge in [0.2, 0.25) is 5.95 Å². The number of nitrogens with zero attached hydrogens (tertiary/aromatic N) is 5. The van der Waals surface area contributed by atoms with E-state index in [1.807, 2.05) is 13.8 Å². The molecule has 50 heavy (non-hydrogen) atoms. The van der Waals surface area contributed by atoms with Crippen molar-refractivity contribution in [1.29, 1.82) is 0 Å². The van der Waals surface area contributed by atoms with Gasteiger partial charge in [0, 0.05) is 24.7 Å². The largest absolute Gasteiger partial charge is 0.481 e. The first-order chi connectivity index (χ1) is 23.6. The van der Waals surface area contributed by atoms with Gasteiger partial charge >= 0.3 is 30.5 Å². The molecular weight excluding hydrogens is 676 g/mol. The Kier molecular flexibility index (Phi) is 11.0. The number of carbonyl (C=O) groups is 3. The summed E-state index contributed by atoms with van der Waals surface area (Å²) in [7, 11) is 0. The summed E-state index contributed by atoms with van der Waals surface area (Å²) in [6.07, 6.45) is -5.86. The number of cyclic esters (lactones) is 1. The van der Waals surface area contributed by atoms with Crippen LogP contribution < -0.4 is 9.80 Å². The van der Waals surface area contributed by atoms with Crippen LogP contribution in [0.25, 0.3) is 0 Å². The van der Waals surface area contributed by atoms with Crippen molar-refractivity contribution in [3.05, 3.63) is 47.3 Å². The topological polar surface area (TPSA) is 125 Å². The molecule has 1 aliphatic carbocycles. The van der Waals surface area contributed by atoms with Crippen molar-refractivity contribution in [3.8, 4) is 0 Å². The van der Waals surface area contributed by atoms with Crippen LogP contribution >= 0.6 is 0 Å². The van der Waals surface area contributed by atoms with Crippen molar-refractivity contribution in [2.45, 2.75) is 108 Å². The number of halogens is 6. The van der Waals surface area contributed by atoms with Gasteiger partial charge in [-0.3, -0.25) is 9.69 Å².